The number of aliphatic hydroxyl groups is 1. The molecule has 20 heavy (non-hydrogen) atoms. The third kappa shape index (κ3) is 3.31. The SMILES string of the molecule is CC(C)C(CO)C(NS(=O)(=O)C1(C(F)F)CC1)C(C)C. The zero-order valence-corrected chi connectivity index (χ0v) is 13.3. The van der Waals surface area contributed by atoms with Crippen LogP contribution in [-0.4, -0.2) is 37.3 Å². The molecule has 1 aliphatic rings. The van der Waals surface area contributed by atoms with E-state index in [0.29, 0.717) is 0 Å². The monoisotopic (exact) mass is 313 g/mol. The van der Waals surface area contributed by atoms with Crippen molar-refractivity contribution < 1.29 is 22.3 Å². The van der Waals surface area contributed by atoms with E-state index < -0.39 is 27.2 Å². The van der Waals surface area contributed by atoms with Gasteiger partial charge in [-0.05, 0) is 24.7 Å². The van der Waals surface area contributed by atoms with E-state index in [1.807, 2.05) is 27.7 Å². The largest absolute Gasteiger partial charge is 0.396 e. The molecule has 0 aromatic rings. The summed E-state index contributed by atoms with van der Waals surface area (Å²) < 4.78 is 51.0. The lowest BCUT2D eigenvalue weighted by molar-refractivity contribution is 0.127. The average molecular weight is 313 g/mol. The second kappa shape index (κ2) is 6.23. The fourth-order valence-electron chi connectivity index (χ4n) is 2.48. The Hall–Kier alpha value is -0.270. The van der Waals surface area contributed by atoms with Crippen molar-refractivity contribution in [3.05, 3.63) is 0 Å². The Morgan fingerprint density at radius 1 is 1.15 bits per heavy atom. The Morgan fingerprint density at radius 2 is 1.65 bits per heavy atom. The van der Waals surface area contributed by atoms with Gasteiger partial charge < -0.3 is 5.11 Å². The fraction of sp³-hybridized carbons (Fsp3) is 1.00. The Balaban J connectivity index is 2.97. The number of hydrogen-bond donors (Lipinski definition) is 2. The maximum atomic E-state index is 13.0. The molecule has 0 aromatic heterocycles. The van der Waals surface area contributed by atoms with Gasteiger partial charge in [-0.25, -0.2) is 21.9 Å². The van der Waals surface area contributed by atoms with Gasteiger partial charge in [0, 0.05) is 18.6 Å². The van der Waals surface area contributed by atoms with Gasteiger partial charge in [-0.2, -0.15) is 0 Å². The van der Waals surface area contributed by atoms with Gasteiger partial charge in [-0.15, -0.1) is 0 Å². The predicted octanol–water partition coefficient (Wildman–Crippen LogP) is 1.99. The summed E-state index contributed by atoms with van der Waals surface area (Å²) in [5, 5.41) is 9.46. The van der Waals surface area contributed by atoms with E-state index >= 15 is 0 Å². The summed E-state index contributed by atoms with van der Waals surface area (Å²) in [7, 11) is -4.09. The number of hydrogen-bond acceptors (Lipinski definition) is 3. The van der Waals surface area contributed by atoms with Gasteiger partial charge in [-0.1, -0.05) is 27.7 Å². The molecule has 1 aliphatic carbocycles. The van der Waals surface area contributed by atoms with Crippen LogP contribution in [0.1, 0.15) is 40.5 Å². The lowest BCUT2D eigenvalue weighted by Crippen LogP contribution is -2.51. The Bertz CT molecular complexity index is 419. The van der Waals surface area contributed by atoms with Crippen molar-refractivity contribution >= 4 is 10.0 Å². The van der Waals surface area contributed by atoms with Crippen LogP contribution in [0.25, 0.3) is 0 Å². The van der Waals surface area contributed by atoms with Crippen molar-refractivity contribution in [2.24, 2.45) is 17.8 Å². The van der Waals surface area contributed by atoms with E-state index in [1.54, 1.807) is 0 Å². The highest BCUT2D eigenvalue weighted by Crippen LogP contribution is 2.48. The molecule has 4 nitrogen and oxygen atoms in total. The number of aliphatic hydroxyl groups excluding tert-OH is 1. The quantitative estimate of drug-likeness (QED) is 0.720. The third-order valence-electron chi connectivity index (χ3n) is 4.21. The van der Waals surface area contributed by atoms with Gasteiger partial charge in [0.1, 0.15) is 4.75 Å². The third-order valence-corrected chi connectivity index (χ3v) is 6.45. The van der Waals surface area contributed by atoms with Crippen LogP contribution in [0.5, 0.6) is 0 Å². The van der Waals surface area contributed by atoms with Crippen LogP contribution < -0.4 is 4.72 Å². The van der Waals surface area contributed by atoms with Crippen LogP contribution in [0.4, 0.5) is 8.78 Å². The molecule has 2 unspecified atom stereocenters. The number of sulfonamides is 1. The lowest BCUT2D eigenvalue weighted by Gasteiger charge is -2.33. The summed E-state index contributed by atoms with van der Waals surface area (Å²) in [6, 6.07) is -0.541. The fourth-order valence-corrected chi connectivity index (χ4v) is 4.39. The van der Waals surface area contributed by atoms with Crippen molar-refractivity contribution in [1.29, 1.82) is 0 Å². The first-order chi connectivity index (χ1) is 9.09. The second-order valence-corrected chi connectivity index (χ2v) is 8.40. The van der Waals surface area contributed by atoms with Gasteiger partial charge in [-0.3, -0.25) is 0 Å². The molecule has 2 N–H and O–H groups in total. The lowest BCUT2D eigenvalue weighted by atomic mass is 9.84. The summed E-state index contributed by atoms with van der Waals surface area (Å²) in [6.45, 7) is 7.22. The summed E-state index contributed by atoms with van der Waals surface area (Å²) in [6.07, 6.45) is -2.88. The van der Waals surface area contributed by atoms with Crippen molar-refractivity contribution in [2.45, 2.75) is 57.8 Å². The summed E-state index contributed by atoms with van der Waals surface area (Å²) >= 11 is 0. The standard InChI is InChI=1S/C13H25F2NO3S/c1-8(2)10(7-17)11(9(3)4)16-20(18,19)13(5-6-13)12(14)15/h8-12,16-17H,5-7H2,1-4H3. The Kier molecular flexibility index (Phi) is 5.54. The van der Waals surface area contributed by atoms with Crippen molar-refractivity contribution in [1.82, 2.24) is 4.72 Å². The molecule has 0 amide bonds. The van der Waals surface area contributed by atoms with Gasteiger partial charge in [0.2, 0.25) is 10.0 Å². The molecule has 0 aromatic carbocycles. The van der Waals surface area contributed by atoms with Crippen LogP contribution in [0, 0.1) is 17.8 Å². The van der Waals surface area contributed by atoms with E-state index in [2.05, 4.69) is 4.72 Å². The summed E-state index contributed by atoms with van der Waals surface area (Å²) in [4.78, 5) is 0. The molecule has 0 spiro atoms. The Labute approximate surface area is 120 Å². The van der Waals surface area contributed by atoms with E-state index in [-0.39, 0.29) is 37.2 Å². The van der Waals surface area contributed by atoms with Crippen molar-refractivity contribution in [3.8, 4) is 0 Å². The van der Waals surface area contributed by atoms with E-state index in [9.17, 15) is 22.3 Å². The minimum Gasteiger partial charge on any atom is -0.396 e. The van der Waals surface area contributed by atoms with Crippen molar-refractivity contribution in [2.75, 3.05) is 6.61 Å². The number of rotatable bonds is 8. The molecule has 2 atom stereocenters. The maximum absolute atomic E-state index is 13.0. The molecule has 0 heterocycles. The van der Waals surface area contributed by atoms with Crippen LogP contribution in [0.3, 0.4) is 0 Å². The van der Waals surface area contributed by atoms with E-state index in [4.69, 9.17) is 0 Å². The molecular weight excluding hydrogens is 288 g/mol. The smallest absolute Gasteiger partial charge is 0.259 e. The highest BCUT2D eigenvalue weighted by atomic mass is 32.2. The molecule has 0 saturated heterocycles. The van der Waals surface area contributed by atoms with Crippen molar-refractivity contribution in [3.63, 3.8) is 0 Å². The minimum atomic E-state index is -4.09. The maximum Gasteiger partial charge on any atom is 0.259 e. The van der Waals surface area contributed by atoms with Gasteiger partial charge in [0.05, 0.1) is 0 Å². The number of halogens is 2. The van der Waals surface area contributed by atoms with Gasteiger partial charge in [0.25, 0.3) is 6.43 Å². The molecule has 0 aliphatic heterocycles. The number of alkyl halides is 2. The first kappa shape index (κ1) is 17.8. The normalized spacial score (nSPS) is 21.5. The molecule has 0 radical (unpaired) electrons. The first-order valence-corrected chi connectivity index (χ1v) is 8.48. The van der Waals surface area contributed by atoms with E-state index in [0.717, 1.165) is 0 Å². The summed E-state index contributed by atoms with van der Waals surface area (Å²) in [5.74, 6) is -0.326. The van der Waals surface area contributed by atoms with Crippen LogP contribution in [0.15, 0.2) is 0 Å². The zero-order chi connectivity index (χ0) is 15.7. The molecule has 1 rings (SSSR count). The molecule has 7 heteroatoms. The van der Waals surface area contributed by atoms with E-state index in [1.165, 1.54) is 0 Å². The molecular formula is C13H25F2NO3S. The molecule has 1 fully saturated rings. The van der Waals surface area contributed by atoms with Crippen LogP contribution >= 0.6 is 0 Å². The predicted molar refractivity (Wildman–Crippen MR) is 74.1 cm³/mol. The second-order valence-electron chi connectivity index (χ2n) is 6.35. The highest BCUT2D eigenvalue weighted by molar-refractivity contribution is 7.91. The topological polar surface area (TPSA) is 66.4 Å². The minimum absolute atomic E-state index is 0.00369. The van der Waals surface area contributed by atoms with Crippen LogP contribution in [0.2, 0.25) is 0 Å². The number of nitrogens with one attached hydrogen (secondary N) is 1. The Morgan fingerprint density at radius 3 is 1.90 bits per heavy atom. The molecule has 1 saturated carbocycles. The van der Waals surface area contributed by atoms with Gasteiger partial charge >= 0.3 is 0 Å². The average Bonchev–Trinajstić information content (AvgIpc) is 3.08. The highest BCUT2D eigenvalue weighted by Gasteiger charge is 2.62. The molecule has 120 valence electrons. The molecule has 0 bridgehead atoms. The van der Waals surface area contributed by atoms with Gasteiger partial charge in [0.15, 0.2) is 0 Å². The van der Waals surface area contributed by atoms with Crippen LogP contribution in [-0.2, 0) is 10.0 Å². The summed E-state index contributed by atoms with van der Waals surface area (Å²) in [5.41, 5.74) is 0. The zero-order valence-electron chi connectivity index (χ0n) is 12.4. The first-order valence-electron chi connectivity index (χ1n) is 7.00.